The highest BCUT2D eigenvalue weighted by Crippen LogP contribution is 2.39. The first-order valence-electron chi connectivity index (χ1n) is 12.0. The van der Waals surface area contributed by atoms with Crippen molar-refractivity contribution in [2.75, 3.05) is 13.7 Å². The molecule has 0 aromatic carbocycles. The molecule has 5 heterocycles. The van der Waals surface area contributed by atoms with Crippen LogP contribution < -0.4 is 16.0 Å². The van der Waals surface area contributed by atoms with Crippen LogP contribution >= 0.6 is 0 Å². The van der Waals surface area contributed by atoms with Gasteiger partial charge in [0.15, 0.2) is 11.1 Å². The first-order valence-corrected chi connectivity index (χ1v) is 12.0. The van der Waals surface area contributed by atoms with Gasteiger partial charge in [0, 0.05) is 46.9 Å². The predicted molar refractivity (Wildman–Crippen MR) is 138 cm³/mol. The molecule has 8 heteroatoms. The minimum atomic E-state index is -1.37. The number of hydrogen-bond donors (Lipinski definition) is 3. The van der Waals surface area contributed by atoms with Crippen LogP contribution in [0.4, 0.5) is 0 Å². The van der Waals surface area contributed by atoms with Gasteiger partial charge >= 0.3 is 5.97 Å². The third kappa shape index (κ3) is 4.51. The maximum Gasteiger partial charge on any atom is 0.326 e. The molecule has 184 valence electrons. The van der Waals surface area contributed by atoms with E-state index in [0.717, 1.165) is 33.5 Å². The molecule has 3 atom stereocenters. The molecular formula is C28H29N5O3. The van der Waals surface area contributed by atoms with Crippen molar-refractivity contribution >= 4 is 29.9 Å². The zero-order valence-electron chi connectivity index (χ0n) is 20.6. The van der Waals surface area contributed by atoms with Gasteiger partial charge in [0.25, 0.3) is 0 Å². The zero-order valence-corrected chi connectivity index (χ0v) is 20.6. The summed E-state index contributed by atoms with van der Waals surface area (Å²) < 4.78 is 11.2. The standard InChI is InChI=1S/C28H29N5O3/c1-4-36-25(34)26(2,18-29)17-27-11-12-28(33-27,35-3)16-24-10-8-22(32-24)14-20-6-5-19(30-20)13-21-7-9-23(15-27)31-21/h5-14,16,30,32-33H,4,15,17H2,1-3H3. The van der Waals surface area contributed by atoms with Crippen LogP contribution in [0.15, 0.2) is 59.3 Å². The molecule has 0 radical (unpaired) electrons. The van der Waals surface area contributed by atoms with E-state index in [0.29, 0.717) is 6.42 Å². The SMILES string of the molecule is CCOC(=O)C(C)(C#N)CC12C=CC(OC)(C=c3ccc([nH]3)=Cc3ccc([nH]3)C=C3C=CC(=N3)C1)N2. The summed E-state index contributed by atoms with van der Waals surface area (Å²) in [4.78, 5) is 24.4. The summed E-state index contributed by atoms with van der Waals surface area (Å²) in [6.45, 7) is 3.57. The van der Waals surface area contributed by atoms with E-state index >= 15 is 0 Å². The van der Waals surface area contributed by atoms with Crippen LogP contribution in [0.1, 0.15) is 38.1 Å². The number of rotatable bonds is 5. The number of carbonyl (C=O) groups is 1. The fraction of sp³-hybridized carbons (Fsp3) is 0.321. The average Bonchev–Trinajstić information content (AvgIpc) is 3.64. The molecule has 0 saturated carbocycles. The number of ether oxygens (including phenoxy) is 2. The van der Waals surface area contributed by atoms with Crippen LogP contribution in [0.25, 0.3) is 18.2 Å². The van der Waals surface area contributed by atoms with Crippen molar-refractivity contribution in [3.63, 3.8) is 0 Å². The third-order valence-corrected chi connectivity index (χ3v) is 6.74. The van der Waals surface area contributed by atoms with E-state index in [2.05, 4.69) is 21.4 Å². The Balaban J connectivity index is 1.63. The highest BCUT2D eigenvalue weighted by atomic mass is 16.5. The summed E-state index contributed by atoms with van der Waals surface area (Å²) >= 11 is 0. The lowest BCUT2D eigenvalue weighted by Crippen LogP contribution is -2.55. The average molecular weight is 484 g/mol. The lowest BCUT2D eigenvalue weighted by atomic mass is 9.76. The van der Waals surface area contributed by atoms with Gasteiger partial charge in [-0.25, -0.2) is 0 Å². The van der Waals surface area contributed by atoms with Gasteiger partial charge < -0.3 is 19.4 Å². The number of carbonyl (C=O) groups excluding carboxylic acids is 1. The van der Waals surface area contributed by atoms with Crippen LogP contribution in [0.2, 0.25) is 0 Å². The Bertz CT molecular complexity index is 1480. The van der Waals surface area contributed by atoms with Crippen molar-refractivity contribution in [2.45, 2.75) is 38.0 Å². The molecule has 0 aliphatic carbocycles. The third-order valence-electron chi connectivity index (χ3n) is 6.74. The molecule has 36 heavy (non-hydrogen) atoms. The van der Waals surface area contributed by atoms with Crippen molar-refractivity contribution in [3.05, 3.63) is 76.4 Å². The normalized spacial score (nSPS) is 25.7. The van der Waals surface area contributed by atoms with E-state index in [1.807, 2.05) is 66.8 Å². The van der Waals surface area contributed by atoms with E-state index in [4.69, 9.17) is 14.5 Å². The fourth-order valence-electron chi connectivity index (χ4n) is 5.04. The number of aliphatic imine (C=N–C) groups is 1. The number of methoxy groups -OCH3 is 1. The molecule has 5 rings (SSSR count). The van der Waals surface area contributed by atoms with Gasteiger partial charge in [0.1, 0.15) is 0 Å². The second-order valence-electron chi connectivity index (χ2n) is 9.66. The molecule has 3 N–H and O–H groups in total. The number of fused-ring (bicyclic) bond motifs is 7. The van der Waals surface area contributed by atoms with Crippen molar-refractivity contribution in [1.29, 1.82) is 5.26 Å². The van der Waals surface area contributed by atoms with Gasteiger partial charge in [0.05, 0.1) is 18.4 Å². The summed E-state index contributed by atoms with van der Waals surface area (Å²) in [7, 11) is 1.63. The predicted octanol–water partition coefficient (Wildman–Crippen LogP) is 2.43. The first kappa shape index (κ1) is 23.8. The summed E-state index contributed by atoms with van der Waals surface area (Å²) in [6.07, 6.45) is 14.5. The molecule has 3 aliphatic heterocycles. The zero-order chi connectivity index (χ0) is 25.4. The van der Waals surface area contributed by atoms with Crippen LogP contribution in [-0.4, -0.2) is 46.6 Å². The molecule has 8 bridgehead atoms. The fourth-order valence-corrected chi connectivity index (χ4v) is 5.04. The van der Waals surface area contributed by atoms with Gasteiger partial charge in [-0.2, -0.15) is 5.26 Å². The van der Waals surface area contributed by atoms with Crippen molar-refractivity contribution in [1.82, 2.24) is 15.3 Å². The number of H-pyrrole nitrogens is 2. The highest BCUT2D eigenvalue weighted by Gasteiger charge is 2.49. The quantitative estimate of drug-likeness (QED) is 0.446. The lowest BCUT2D eigenvalue weighted by molar-refractivity contribution is -0.152. The van der Waals surface area contributed by atoms with E-state index < -0.39 is 22.6 Å². The Hall–Kier alpha value is -3.93. The van der Waals surface area contributed by atoms with Gasteiger partial charge in [-0.1, -0.05) is 6.08 Å². The van der Waals surface area contributed by atoms with Crippen molar-refractivity contribution in [3.8, 4) is 6.07 Å². The topological polar surface area (TPSA) is 115 Å². The monoisotopic (exact) mass is 483 g/mol. The largest absolute Gasteiger partial charge is 0.465 e. The smallest absolute Gasteiger partial charge is 0.326 e. The maximum atomic E-state index is 12.8. The van der Waals surface area contributed by atoms with E-state index in [1.54, 1.807) is 21.0 Å². The number of allylic oxidation sites excluding steroid dienone is 2. The Morgan fingerprint density at radius 3 is 2.67 bits per heavy atom. The molecule has 3 unspecified atom stereocenters. The molecule has 2 aromatic rings. The van der Waals surface area contributed by atoms with Gasteiger partial charge in [0.2, 0.25) is 0 Å². The van der Waals surface area contributed by atoms with Gasteiger partial charge in [-0.05, 0) is 81.0 Å². The second-order valence-corrected chi connectivity index (χ2v) is 9.66. The minimum Gasteiger partial charge on any atom is -0.465 e. The molecular weight excluding hydrogens is 454 g/mol. The number of nitriles is 1. The summed E-state index contributed by atoms with van der Waals surface area (Å²) in [5.41, 5.74) is 0.468. The molecule has 0 amide bonds. The lowest BCUT2D eigenvalue weighted by Gasteiger charge is -2.37. The molecule has 3 aliphatic rings. The second kappa shape index (κ2) is 8.94. The number of hydrogen-bond acceptors (Lipinski definition) is 6. The van der Waals surface area contributed by atoms with E-state index in [9.17, 15) is 10.1 Å². The van der Waals surface area contributed by atoms with Crippen molar-refractivity contribution in [2.24, 2.45) is 10.4 Å². The molecule has 2 aromatic heterocycles. The first-order chi connectivity index (χ1) is 17.3. The molecule has 8 nitrogen and oxygen atoms in total. The van der Waals surface area contributed by atoms with E-state index in [1.165, 1.54) is 0 Å². The molecule has 0 spiro atoms. The Labute approximate surface area is 209 Å². The van der Waals surface area contributed by atoms with E-state index in [-0.39, 0.29) is 13.0 Å². The number of nitrogens with zero attached hydrogens (tertiary/aromatic N) is 2. The highest BCUT2D eigenvalue weighted by molar-refractivity contribution is 6.00. The summed E-state index contributed by atoms with van der Waals surface area (Å²) in [6, 6.07) is 10.2. The Morgan fingerprint density at radius 1 is 1.14 bits per heavy atom. The van der Waals surface area contributed by atoms with Crippen LogP contribution in [0.5, 0.6) is 0 Å². The van der Waals surface area contributed by atoms with Crippen molar-refractivity contribution < 1.29 is 14.3 Å². The van der Waals surface area contributed by atoms with Crippen LogP contribution in [0.3, 0.4) is 0 Å². The maximum absolute atomic E-state index is 12.8. The number of aromatic nitrogens is 2. The Kier molecular flexibility index (Phi) is 5.91. The Morgan fingerprint density at radius 2 is 1.92 bits per heavy atom. The molecule has 0 saturated heterocycles. The number of nitrogens with one attached hydrogen (secondary N) is 3. The summed E-state index contributed by atoms with van der Waals surface area (Å²) in [5, 5.41) is 15.4. The van der Waals surface area contributed by atoms with Gasteiger partial charge in [-0.15, -0.1) is 0 Å². The number of esters is 1. The van der Waals surface area contributed by atoms with Crippen LogP contribution in [0, 0.1) is 16.7 Å². The van der Waals surface area contributed by atoms with Gasteiger partial charge in [-0.3, -0.25) is 15.1 Å². The minimum absolute atomic E-state index is 0.181. The number of aromatic amines is 2. The summed E-state index contributed by atoms with van der Waals surface area (Å²) in [5.74, 6) is -0.542. The molecule has 0 fully saturated rings. The van der Waals surface area contributed by atoms with Crippen LogP contribution in [-0.2, 0) is 14.3 Å².